The van der Waals surface area contributed by atoms with Gasteiger partial charge in [-0.2, -0.15) is 26.3 Å². The van der Waals surface area contributed by atoms with Crippen LogP contribution in [0.3, 0.4) is 0 Å². The van der Waals surface area contributed by atoms with Crippen LogP contribution < -0.4 is 0 Å². The van der Waals surface area contributed by atoms with E-state index >= 15 is 0 Å². The van der Waals surface area contributed by atoms with Gasteiger partial charge in [-0.3, -0.25) is 0 Å². The highest BCUT2D eigenvalue weighted by atomic mass is 19.4. The SMILES string of the molecule is C=C1/C(=C\C=C2/CCC[C@]3(C)C([C@H](C)CC#CC(O)(C(F)(F)F)C(F)(F)F)=CC[C@@H]23)C[C@H](O)C[C@@H]1O. The van der Waals surface area contributed by atoms with Crippen LogP contribution in [0.15, 0.2) is 47.1 Å². The summed E-state index contributed by atoms with van der Waals surface area (Å²) in [5, 5.41) is 29.3. The van der Waals surface area contributed by atoms with Crippen molar-refractivity contribution in [1.82, 2.24) is 0 Å². The number of alkyl halides is 6. The van der Waals surface area contributed by atoms with Crippen LogP contribution >= 0.6 is 0 Å². The van der Waals surface area contributed by atoms with Gasteiger partial charge in [0.1, 0.15) is 0 Å². The Hall–Kier alpha value is -2.02. The summed E-state index contributed by atoms with van der Waals surface area (Å²) in [4.78, 5) is 0. The third-order valence-corrected chi connectivity index (χ3v) is 7.90. The number of allylic oxidation sites excluding steroid dienone is 5. The van der Waals surface area contributed by atoms with Gasteiger partial charge in [-0.1, -0.05) is 55.7 Å². The van der Waals surface area contributed by atoms with Gasteiger partial charge in [-0.05, 0) is 66.4 Å². The van der Waals surface area contributed by atoms with Gasteiger partial charge in [0.2, 0.25) is 0 Å². The zero-order valence-corrected chi connectivity index (χ0v) is 20.3. The summed E-state index contributed by atoms with van der Waals surface area (Å²) in [5.74, 6) is 2.75. The highest BCUT2D eigenvalue weighted by Crippen LogP contribution is 2.57. The molecule has 0 aliphatic heterocycles. The smallest absolute Gasteiger partial charge is 0.393 e. The first kappa shape index (κ1) is 28.5. The van der Waals surface area contributed by atoms with E-state index in [9.17, 15) is 41.7 Å². The zero-order valence-electron chi connectivity index (χ0n) is 20.3. The molecule has 0 radical (unpaired) electrons. The molecular weight excluding hydrogens is 486 g/mol. The fourth-order valence-electron chi connectivity index (χ4n) is 5.83. The molecule has 0 heterocycles. The molecular formula is C27H32F6O3. The summed E-state index contributed by atoms with van der Waals surface area (Å²) in [6, 6.07) is 0. The lowest BCUT2D eigenvalue weighted by atomic mass is 9.62. The molecule has 3 nitrogen and oxygen atoms in total. The van der Waals surface area contributed by atoms with E-state index in [4.69, 9.17) is 0 Å². The standard InChI is InChI=1S/C27H32F6O3/c1-16(6-4-13-25(36,26(28,29)30)27(31,32)33)21-10-11-22-18(7-5-12-24(21,22)3)8-9-19-14-20(34)15-23(35)17(19)2/h8-10,16,20,22-23,34-36H,2,5-7,11-12,14-15H2,1,3H3/b18-8+,19-9-/t16-,20+,22+,23+,24-/m1/s1. The first-order valence-electron chi connectivity index (χ1n) is 12.0. The maximum atomic E-state index is 12.9. The van der Waals surface area contributed by atoms with Crippen molar-refractivity contribution in [2.45, 2.75) is 89.0 Å². The second-order valence-corrected chi connectivity index (χ2v) is 10.4. The molecule has 0 saturated heterocycles. The van der Waals surface area contributed by atoms with Crippen molar-refractivity contribution < 1.29 is 41.7 Å². The van der Waals surface area contributed by atoms with Gasteiger partial charge < -0.3 is 15.3 Å². The van der Waals surface area contributed by atoms with Crippen molar-refractivity contribution in [1.29, 1.82) is 0 Å². The number of hydrogen-bond acceptors (Lipinski definition) is 3. The molecule has 0 aromatic rings. The molecule has 0 bridgehead atoms. The van der Waals surface area contributed by atoms with E-state index in [-0.39, 0.29) is 30.1 Å². The number of fused-ring (bicyclic) bond motifs is 1. The summed E-state index contributed by atoms with van der Waals surface area (Å²) in [5.41, 5.74) is -1.86. The van der Waals surface area contributed by atoms with Crippen LogP contribution in [0.2, 0.25) is 0 Å². The Morgan fingerprint density at radius 3 is 2.42 bits per heavy atom. The van der Waals surface area contributed by atoms with E-state index in [1.807, 2.05) is 24.1 Å². The lowest BCUT2D eigenvalue weighted by molar-refractivity contribution is -0.343. The molecule has 0 unspecified atom stereocenters. The lowest BCUT2D eigenvalue weighted by Crippen LogP contribution is -2.55. The normalized spacial score (nSPS) is 32.7. The molecule has 200 valence electrons. The topological polar surface area (TPSA) is 60.7 Å². The monoisotopic (exact) mass is 518 g/mol. The number of hydrogen-bond donors (Lipinski definition) is 3. The minimum atomic E-state index is -5.96. The van der Waals surface area contributed by atoms with Crippen molar-refractivity contribution >= 4 is 0 Å². The average molecular weight is 519 g/mol. The molecule has 3 N–H and O–H groups in total. The molecule has 5 atom stereocenters. The Kier molecular flexibility index (Phi) is 7.96. The third-order valence-electron chi connectivity index (χ3n) is 7.90. The van der Waals surface area contributed by atoms with Gasteiger partial charge in [0.05, 0.1) is 12.2 Å². The van der Waals surface area contributed by atoms with E-state index in [2.05, 4.69) is 13.5 Å². The molecule has 0 spiro atoms. The lowest BCUT2D eigenvalue weighted by Gasteiger charge is -2.42. The number of aliphatic hydroxyl groups excluding tert-OH is 2. The van der Waals surface area contributed by atoms with Crippen molar-refractivity contribution in [2.75, 3.05) is 0 Å². The van der Waals surface area contributed by atoms with Crippen molar-refractivity contribution in [3.05, 3.63) is 47.1 Å². The number of aliphatic hydroxyl groups is 3. The van der Waals surface area contributed by atoms with Crippen LogP contribution in [-0.2, 0) is 0 Å². The molecule has 0 aromatic carbocycles. The van der Waals surface area contributed by atoms with E-state index in [0.717, 1.165) is 36.3 Å². The van der Waals surface area contributed by atoms with Gasteiger partial charge in [0.15, 0.2) is 0 Å². The van der Waals surface area contributed by atoms with Gasteiger partial charge in [0, 0.05) is 12.8 Å². The van der Waals surface area contributed by atoms with Gasteiger partial charge in [-0.25, -0.2) is 0 Å². The first-order valence-corrected chi connectivity index (χ1v) is 12.0. The minimum absolute atomic E-state index is 0.127. The van der Waals surface area contributed by atoms with Crippen LogP contribution in [0.5, 0.6) is 0 Å². The van der Waals surface area contributed by atoms with Gasteiger partial charge in [0.25, 0.3) is 0 Å². The zero-order chi connectivity index (χ0) is 27.1. The second kappa shape index (κ2) is 10.0. The van der Waals surface area contributed by atoms with Gasteiger partial charge in [-0.15, -0.1) is 0 Å². The number of halogens is 6. The Bertz CT molecular complexity index is 1010. The molecule has 3 rings (SSSR count). The summed E-state index contributed by atoms with van der Waals surface area (Å²) in [6.45, 7) is 7.72. The highest BCUT2D eigenvalue weighted by molar-refractivity contribution is 5.40. The predicted molar refractivity (Wildman–Crippen MR) is 123 cm³/mol. The predicted octanol–water partition coefficient (Wildman–Crippen LogP) is 5.93. The summed E-state index contributed by atoms with van der Waals surface area (Å²) in [7, 11) is 0. The molecule has 0 aromatic heterocycles. The van der Waals surface area contributed by atoms with E-state index in [0.29, 0.717) is 18.4 Å². The van der Waals surface area contributed by atoms with Crippen LogP contribution in [-0.4, -0.2) is 45.5 Å². The molecule has 0 amide bonds. The third kappa shape index (κ3) is 5.32. The quantitative estimate of drug-likeness (QED) is 0.247. The molecule has 36 heavy (non-hydrogen) atoms. The maximum absolute atomic E-state index is 12.9. The van der Waals surface area contributed by atoms with E-state index in [1.54, 1.807) is 6.92 Å². The largest absolute Gasteiger partial charge is 0.438 e. The summed E-state index contributed by atoms with van der Waals surface area (Å²) >= 11 is 0. The first-order chi connectivity index (χ1) is 16.5. The molecule has 2 fully saturated rings. The van der Waals surface area contributed by atoms with Crippen molar-refractivity contribution in [3.63, 3.8) is 0 Å². The highest BCUT2D eigenvalue weighted by Gasteiger charge is 2.70. The molecule has 2 saturated carbocycles. The van der Waals surface area contributed by atoms with Crippen LogP contribution in [0.1, 0.15) is 58.8 Å². The molecule has 3 aliphatic rings. The fraction of sp³-hybridized carbons (Fsp3) is 0.630. The molecule has 3 aliphatic carbocycles. The number of rotatable bonds is 3. The average Bonchev–Trinajstić information content (AvgIpc) is 3.11. The fourth-order valence-corrected chi connectivity index (χ4v) is 5.83. The second-order valence-electron chi connectivity index (χ2n) is 10.4. The van der Waals surface area contributed by atoms with Crippen LogP contribution in [0.25, 0.3) is 0 Å². The Morgan fingerprint density at radius 2 is 1.81 bits per heavy atom. The van der Waals surface area contributed by atoms with E-state index < -0.39 is 30.2 Å². The van der Waals surface area contributed by atoms with Crippen molar-refractivity contribution in [3.8, 4) is 11.8 Å². The Balaban J connectivity index is 1.78. The Labute approximate surface area is 207 Å². The van der Waals surface area contributed by atoms with Crippen molar-refractivity contribution in [2.24, 2.45) is 17.3 Å². The van der Waals surface area contributed by atoms with E-state index in [1.165, 1.54) is 5.57 Å². The van der Waals surface area contributed by atoms with Crippen LogP contribution in [0.4, 0.5) is 26.3 Å². The maximum Gasteiger partial charge on any atom is 0.438 e. The Morgan fingerprint density at radius 1 is 1.17 bits per heavy atom. The van der Waals surface area contributed by atoms with Gasteiger partial charge >= 0.3 is 18.0 Å². The molecule has 9 heteroatoms. The minimum Gasteiger partial charge on any atom is -0.393 e. The summed E-state index contributed by atoms with van der Waals surface area (Å²) < 4.78 is 77.4. The summed E-state index contributed by atoms with van der Waals surface area (Å²) in [6.07, 6.45) is -3.80. The van der Waals surface area contributed by atoms with Crippen LogP contribution in [0, 0.1) is 29.1 Å².